The first-order valence-corrected chi connectivity index (χ1v) is 10.4. The zero-order valence-electron chi connectivity index (χ0n) is 16.4. The van der Waals surface area contributed by atoms with Crippen LogP contribution in [-0.4, -0.2) is 48.4 Å². The molecule has 0 aliphatic carbocycles. The van der Waals surface area contributed by atoms with E-state index in [2.05, 4.69) is 31.3 Å². The van der Waals surface area contributed by atoms with E-state index >= 15 is 0 Å². The van der Waals surface area contributed by atoms with Crippen molar-refractivity contribution < 1.29 is 9.47 Å². The first-order valence-electron chi connectivity index (χ1n) is 9.53. The van der Waals surface area contributed by atoms with E-state index in [-0.39, 0.29) is 12.0 Å². The van der Waals surface area contributed by atoms with Crippen LogP contribution in [0.15, 0.2) is 29.9 Å². The van der Waals surface area contributed by atoms with E-state index in [1.165, 1.54) is 11.3 Å². The molecular weight excluding hydrogens is 404 g/mol. The second-order valence-corrected chi connectivity index (χ2v) is 7.89. The van der Waals surface area contributed by atoms with Crippen molar-refractivity contribution in [2.45, 2.75) is 6.04 Å². The van der Waals surface area contributed by atoms with Crippen molar-refractivity contribution >= 4 is 40.3 Å². The Hall–Kier alpha value is -3.31. The molecule has 2 aliphatic rings. The normalized spacial score (nSPS) is 18.2. The van der Waals surface area contributed by atoms with Crippen LogP contribution in [0.25, 0.3) is 0 Å². The van der Waals surface area contributed by atoms with E-state index in [4.69, 9.17) is 20.9 Å². The summed E-state index contributed by atoms with van der Waals surface area (Å²) >= 11 is 1.54. The molecule has 0 saturated carbocycles. The Kier molecular flexibility index (Phi) is 4.68. The molecule has 11 heteroatoms. The van der Waals surface area contributed by atoms with Gasteiger partial charge in [-0.05, 0) is 12.1 Å². The summed E-state index contributed by atoms with van der Waals surface area (Å²) in [6.07, 6.45) is 1.82. The Labute approximate surface area is 177 Å². The van der Waals surface area contributed by atoms with Gasteiger partial charge in [0, 0.05) is 31.0 Å². The molecule has 10 nitrogen and oxygen atoms in total. The summed E-state index contributed by atoms with van der Waals surface area (Å²) in [5.41, 5.74) is 19.9. The number of morpholine rings is 1. The number of thiazole rings is 1. The van der Waals surface area contributed by atoms with Crippen LogP contribution in [0.1, 0.15) is 16.5 Å². The molecule has 1 aromatic carbocycles. The quantitative estimate of drug-likeness (QED) is 0.569. The van der Waals surface area contributed by atoms with Gasteiger partial charge in [0.25, 0.3) is 0 Å². The third-order valence-corrected chi connectivity index (χ3v) is 6.10. The Bertz CT molecular complexity index is 1050. The van der Waals surface area contributed by atoms with Gasteiger partial charge in [0.2, 0.25) is 5.95 Å². The number of methoxy groups -OCH3 is 1. The third kappa shape index (κ3) is 3.12. The lowest BCUT2D eigenvalue weighted by Crippen LogP contribution is -2.36. The highest BCUT2D eigenvalue weighted by Gasteiger charge is 2.38. The Morgan fingerprint density at radius 3 is 2.80 bits per heavy atom. The maximum absolute atomic E-state index is 6.24. The number of hydrazine groups is 1. The van der Waals surface area contributed by atoms with E-state index in [9.17, 15) is 0 Å². The van der Waals surface area contributed by atoms with Crippen molar-refractivity contribution in [1.29, 1.82) is 0 Å². The molecule has 0 bridgehead atoms. The van der Waals surface area contributed by atoms with Crippen molar-refractivity contribution in [2.75, 3.05) is 60.2 Å². The number of benzene rings is 1. The van der Waals surface area contributed by atoms with Crippen LogP contribution in [0.4, 0.5) is 29.0 Å². The molecule has 2 aliphatic heterocycles. The maximum Gasteiger partial charge on any atom is 0.224 e. The van der Waals surface area contributed by atoms with Crippen LogP contribution in [0, 0.1) is 0 Å². The molecule has 1 unspecified atom stereocenters. The monoisotopic (exact) mass is 426 g/mol. The first kappa shape index (κ1) is 18.7. The number of fused-ring (bicyclic) bond motifs is 1. The molecule has 4 heterocycles. The SMILES string of the molecule is COc1cc(N2CCOCC2)ccc1N1Nc2nc(N)nc(N)c2C1c1cncs1. The summed E-state index contributed by atoms with van der Waals surface area (Å²) in [5, 5.41) is 1.98. The lowest BCUT2D eigenvalue weighted by molar-refractivity contribution is 0.122. The largest absolute Gasteiger partial charge is 0.494 e. The van der Waals surface area contributed by atoms with Gasteiger partial charge < -0.3 is 25.8 Å². The molecule has 5 rings (SSSR count). The minimum Gasteiger partial charge on any atom is -0.494 e. The molecule has 30 heavy (non-hydrogen) atoms. The minimum atomic E-state index is -0.253. The fourth-order valence-corrected chi connectivity index (χ4v) is 4.60. The maximum atomic E-state index is 6.24. The molecule has 0 amide bonds. The molecule has 5 N–H and O–H groups in total. The second kappa shape index (κ2) is 7.50. The number of aromatic nitrogens is 3. The topological polar surface area (TPSA) is 128 Å². The number of hydrogen-bond acceptors (Lipinski definition) is 11. The van der Waals surface area contributed by atoms with Gasteiger partial charge >= 0.3 is 0 Å². The molecule has 1 fully saturated rings. The molecule has 0 spiro atoms. The van der Waals surface area contributed by atoms with Gasteiger partial charge in [-0.3, -0.25) is 15.4 Å². The van der Waals surface area contributed by atoms with Crippen LogP contribution in [0.5, 0.6) is 5.75 Å². The van der Waals surface area contributed by atoms with Gasteiger partial charge in [0.1, 0.15) is 23.3 Å². The van der Waals surface area contributed by atoms with Gasteiger partial charge in [-0.1, -0.05) is 0 Å². The third-order valence-electron chi connectivity index (χ3n) is 5.27. The average molecular weight is 427 g/mol. The van der Waals surface area contributed by atoms with E-state index in [1.54, 1.807) is 12.6 Å². The predicted molar refractivity (Wildman–Crippen MR) is 117 cm³/mol. The van der Waals surface area contributed by atoms with Crippen molar-refractivity contribution in [2.24, 2.45) is 0 Å². The van der Waals surface area contributed by atoms with Gasteiger partial charge in [0.05, 0.1) is 36.3 Å². The van der Waals surface area contributed by atoms with E-state index in [1.807, 2.05) is 23.3 Å². The molecule has 1 atom stereocenters. The lowest BCUT2D eigenvalue weighted by atomic mass is 10.1. The van der Waals surface area contributed by atoms with Crippen LogP contribution in [-0.2, 0) is 4.74 Å². The lowest BCUT2D eigenvalue weighted by Gasteiger charge is -2.31. The number of nitrogen functional groups attached to an aromatic ring is 2. The fraction of sp³-hybridized carbons (Fsp3) is 0.316. The number of ether oxygens (including phenoxy) is 2. The van der Waals surface area contributed by atoms with Crippen LogP contribution in [0.2, 0.25) is 0 Å². The van der Waals surface area contributed by atoms with E-state index in [0.717, 1.165) is 53.9 Å². The smallest absolute Gasteiger partial charge is 0.224 e. The number of nitrogens with one attached hydrogen (secondary N) is 1. The molecule has 3 aromatic rings. The summed E-state index contributed by atoms with van der Waals surface area (Å²) in [6, 6.07) is 5.90. The average Bonchev–Trinajstić information content (AvgIpc) is 3.41. The van der Waals surface area contributed by atoms with Crippen LogP contribution in [0.3, 0.4) is 0 Å². The Balaban J connectivity index is 1.58. The Morgan fingerprint density at radius 2 is 2.07 bits per heavy atom. The highest BCUT2D eigenvalue weighted by molar-refractivity contribution is 7.09. The van der Waals surface area contributed by atoms with Gasteiger partial charge in [-0.25, -0.2) is 0 Å². The molecular formula is C19H22N8O2S. The standard InChI is InChI=1S/C19H22N8O2S/c1-28-13-8-11(26-4-6-29-7-5-26)2-3-12(13)27-16(14-9-22-10-30-14)15-17(20)23-19(21)24-18(15)25-27/h2-3,8-10,16H,4-7H2,1H3,(H5,20,21,23,24,25). The fourth-order valence-electron chi connectivity index (χ4n) is 3.88. The number of hydrogen-bond donors (Lipinski definition) is 3. The summed E-state index contributed by atoms with van der Waals surface area (Å²) < 4.78 is 11.2. The van der Waals surface area contributed by atoms with E-state index in [0.29, 0.717) is 11.6 Å². The van der Waals surface area contributed by atoms with Crippen molar-refractivity contribution in [3.05, 3.63) is 40.3 Å². The molecule has 156 valence electrons. The highest BCUT2D eigenvalue weighted by atomic mass is 32.1. The summed E-state index contributed by atoms with van der Waals surface area (Å²) in [4.78, 5) is 16.0. The number of rotatable bonds is 4. The van der Waals surface area contributed by atoms with Gasteiger partial charge in [-0.15, -0.1) is 11.3 Å². The van der Waals surface area contributed by atoms with Crippen LogP contribution < -0.4 is 31.5 Å². The van der Waals surface area contributed by atoms with E-state index < -0.39 is 0 Å². The van der Waals surface area contributed by atoms with Crippen molar-refractivity contribution in [1.82, 2.24) is 15.0 Å². The van der Waals surface area contributed by atoms with Gasteiger partial charge in [-0.2, -0.15) is 9.97 Å². The predicted octanol–water partition coefficient (Wildman–Crippen LogP) is 1.88. The van der Waals surface area contributed by atoms with Gasteiger partial charge in [0.15, 0.2) is 5.82 Å². The zero-order valence-corrected chi connectivity index (χ0v) is 17.2. The zero-order chi connectivity index (χ0) is 20.7. The van der Waals surface area contributed by atoms with Crippen molar-refractivity contribution in [3.8, 4) is 5.75 Å². The number of nitrogens with zero attached hydrogens (tertiary/aromatic N) is 5. The second-order valence-electron chi connectivity index (χ2n) is 6.97. The molecule has 0 radical (unpaired) electrons. The summed E-state index contributed by atoms with van der Waals surface area (Å²) in [7, 11) is 1.67. The Morgan fingerprint density at radius 1 is 1.23 bits per heavy atom. The summed E-state index contributed by atoms with van der Waals surface area (Å²) in [6.45, 7) is 3.15. The number of nitrogens with two attached hydrogens (primary N) is 2. The number of anilines is 5. The molecule has 1 saturated heterocycles. The first-order chi connectivity index (χ1) is 14.7. The van der Waals surface area contributed by atoms with Crippen molar-refractivity contribution in [3.63, 3.8) is 0 Å². The van der Waals surface area contributed by atoms with Crippen LogP contribution >= 0.6 is 11.3 Å². The minimum absolute atomic E-state index is 0.123. The highest BCUT2D eigenvalue weighted by Crippen LogP contribution is 2.47. The summed E-state index contributed by atoms with van der Waals surface area (Å²) in [5.74, 6) is 1.78. The molecule has 2 aromatic heterocycles.